The number of fused-ring (bicyclic) bond motifs is 7. The smallest absolute Gasteiger partial charge is 0.136 e. The maximum atomic E-state index is 6.34. The van der Waals surface area contributed by atoms with Crippen LogP contribution in [0.1, 0.15) is 41.6 Å². The molecular formula is C53H42N2O. The molecule has 0 fully saturated rings. The van der Waals surface area contributed by atoms with Gasteiger partial charge in [0.25, 0.3) is 0 Å². The van der Waals surface area contributed by atoms with E-state index in [9.17, 15) is 0 Å². The number of rotatable bonds is 7. The van der Waals surface area contributed by atoms with Crippen molar-refractivity contribution < 1.29 is 4.42 Å². The third-order valence-corrected chi connectivity index (χ3v) is 10.7. The van der Waals surface area contributed by atoms with Gasteiger partial charge in [-0.15, -0.1) is 0 Å². The number of nitrogens with zero attached hydrogens (tertiary/aromatic N) is 1. The van der Waals surface area contributed by atoms with Crippen molar-refractivity contribution in [3.05, 3.63) is 211 Å². The summed E-state index contributed by atoms with van der Waals surface area (Å²) in [7, 11) is 0. The van der Waals surface area contributed by atoms with Crippen LogP contribution in [-0.2, 0) is 0 Å². The fraction of sp³-hybridized carbons (Fsp3) is 0.0566. The molecule has 0 spiro atoms. The minimum atomic E-state index is 0.209. The molecule has 1 heterocycles. The van der Waals surface area contributed by atoms with Crippen LogP contribution in [-0.4, -0.2) is 0 Å². The van der Waals surface area contributed by atoms with Crippen molar-refractivity contribution in [3.8, 4) is 0 Å². The molecule has 56 heavy (non-hydrogen) atoms. The second-order valence-corrected chi connectivity index (χ2v) is 14.1. The summed E-state index contributed by atoms with van der Waals surface area (Å²) in [5, 5.41) is 10.6. The van der Waals surface area contributed by atoms with Gasteiger partial charge >= 0.3 is 0 Å². The van der Waals surface area contributed by atoms with Crippen molar-refractivity contribution in [1.82, 2.24) is 0 Å². The summed E-state index contributed by atoms with van der Waals surface area (Å²) in [5.74, 6) is 0. The molecule has 0 bridgehead atoms. The third-order valence-electron chi connectivity index (χ3n) is 10.7. The van der Waals surface area contributed by atoms with E-state index in [1.165, 1.54) is 44.0 Å². The van der Waals surface area contributed by atoms with Crippen molar-refractivity contribution >= 4 is 84.5 Å². The normalized spacial score (nSPS) is 13.5. The van der Waals surface area contributed by atoms with Gasteiger partial charge in [-0.25, -0.2) is 0 Å². The second kappa shape index (κ2) is 15.3. The Kier molecular flexibility index (Phi) is 9.49. The first-order valence-electron chi connectivity index (χ1n) is 19.3. The van der Waals surface area contributed by atoms with Crippen molar-refractivity contribution in [3.63, 3.8) is 0 Å². The van der Waals surface area contributed by atoms with Crippen LogP contribution in [0.3, 0.4) is 0 Å². The number of benzene rings is 8. The SMILES string of the molecule is C=Cc1ccc2oc3ccc4cc(N(c5ccccc5)C5CC=Cc6ccccc65)ccc4c3c2c1/C=C\C.c1ccc(Nc2cccc3ccccc23)cc1. The van der Waals surface area contributed by atoms with Crippen molar-refractivity contribution in [2.45, 2.75) is 19.4 Å². The molecule has 10 rings (SSSR count). The molecule has 1 N–H and O–H groups in total. The molecule has 1 aliphatic carbocycles. The molecule has 1 aliphatic rings. The van der Waals surface area contributed by atoms with Crippen LogP contribution in [0.25, 0.3) is 61.7 Å². The molecule has 1 unspecified atom stereocenters. The molecule has 0 aliphatic heterocycles. The Balaban J connectivity index is 0.000000201. The zero-order chi connectivity index (χ0) is 37.8. The minimum absolute atomic E-state index is 0.209. The predicted molar refractivity (Wildman–Crippen MR) is 241 cm³/mol. The van der Waals surface area contributed by atoms with Gasteiger partial charge in [0, 0.05) is 38.9 Å². The second-order valence-electron chi connectivity index (χ2n) is 14.1. The highest BCUT2D eigenvalue weighted by Gasteiger charge is 2.26. The van der Waals surface area contributed by atoms with Gasteiger partial charge < -0.3 is 14.6 Å². The lowest BCUT2D eigenvalue weighted by Crippen LogP contribution is -2.25. The van der Waals surface area contributed by atoms with E-state index in [2.05, 4.69) is 200 Å². The van der Waals surface area contributed by atoms with E-state index < -0.39 is 0 Å². The van der Waals surface area contributed by atoms with Crippen molar-refractivity contribution in [2.24, 2.45) is 0 Å². The monoisotopic (exact) mass is 722 g/mol. The van der Waals surface area contributed by atoms with Crippen LogP contribution in [0, 0.1) is 0 Å². The van der Waals surface area contributed by atoms with Gasteiger partial charge in [-0.05, 0) is 106 Å². The van der Waals surface area contributed by atoms with Gasteiger partial charge in [-0.2, -0.15) is 0 Å². The highest BCUT2D eigenvalue weighted by molar-refractivity contribution is 6.21. The van der Waals surface area contributed by atoms with E-state index in [1.54, 1.807) is 0 Å². The highest BCUT2D eigenvalue weighted by Crippen LogP contribution is 2.44. The molecule has 8 aromatic carbocycles. The zero-order valence-corrected chi connectivity index (χ0v) is 31.4. The summed E-state index contributed by atoms with van der Waals surface area (Å²) in [5.41, 5.74) is 11.3. The molecule has 0 radical (unpaired) electrons. The summed E-state index contributed by atoms with van der Waals surface area (Å²) < 4.78 is 6.34. The molecular weight excluding hydrogens is 681 g/mol. The number of para-hydroxylation sites is 2. The van der Waals surface area contributed by atoms with Crippen LogP contribution in [0.2, 0.25) is 0 Å². The molecule has 270 valence electrons. The Labute approximate surface area is 328 Å². The Morgan fingerprint density at radius 2 is 1.38 bits per heavy atom. The maximum absolute atomic E-state index is 6.34. The van der Waals surface area contributed by atoms with E-state index in [0.717, 1.165) is 50.9 Å². The van der Waals surface area contributed by atoms with Crippen LogP contribution in [0.15, 0.2) is 193 Å². The highest BCUT2D eigenvalue weighted by atomic mass is 16.3. The van der Waals surface area contributed by atoms with Gasteiger partial charge in [-0.1, -0.05) is 152 Å². The third kappa shape index (κ3) is 6.54. The number of allylic oxidation sites excluding steroid dienone is 1. The van der Waals surface area contributed by atoms with Crippen LogP contribution >= 0.6 is 0 Å². The van der Waals surface area contributed by atoms with Gasteiger partial charge in [0.1, 0.15) is 11.2 Å². The van der Waals surface area contributed by atoms with Crippen LogP contribution < -0.4 is 10.2 Å². The summed E-state index contributed by atoms with van der Waals surface area (Å²) in [6.45, 7) is 6.10. The predicted octanol–water partition coefficient (Wildman–Crippen LogP) is 15.3. The van der Waals surface area contributed by atoms with Crippen LogP contribution in [0.5, 0.6) is 0 Å². The number of anilines is 4. The Hall–Kier alpha value is -7.10. The largest absolute Gasteiger partial charge is 0.456 e. The van der Waals surface area contributed by atoms with Gasteiger partial charge in [0.05, 0.1) is 6.04 Å². The minimum Gasteiger partial charge on any atom is -0.456 e. The van der Waals surface area contributed by atoms with Crippen molar-refractivity contribution in [2.75, 3.05) is 10.2 Å². The molecule has 0 saturated carbocycles. The van der Waals surface area contributed by atoms with E-state index in [0.29, 0.717) is 0 Å². The fourth-order valence-electron chi connectivity index (χ4n) is 8.16. The summed E-state index contributed by atoms with van der Waals surface area (Å²) >= 11 is 0. The lowest BCUT2D eigenvalue weighted by atomic mass is 9.90. The lowest BCUT2D eigenvalue weighted by Gasteiger charge is -2.36. The maximum Gasteiger partial charge on any atom is 0.136 e. The fourth-order valence-corrected chi connectivity index (χ4v) is 8.16. The first kappa shape index (κ1) is 34.7. The van der Waals surface area contributed by atoms with E-state index >= 15 is 0 Å². The molecule has 1 atom stereocenters. The number of hydrogen-bond acceptors (Lipinski definition) is 3. The summed E-state index contributed by atoms with van der Waals surface area (Å²) in [6.07, 6.45) is 11.7. The Morgan fingerprint density at radius 3 is 2.21 bits per heavy atom. The molecule has 3 heteroatoms. The quantitative estimate of drug-likeness (QED) is 0.178. The summed E-state index contributed by atoms with van der Waals surface area (Å²) in [6, 6.07) is 59.9. The average Bonchev–Trinajstić information content (AvgIpc) is 3.65. The number of hydrogen-bond donors (Lipinski definition) is 1. The van der Waals surface area contributed by atoms with E-state index in [4.69, 9.17) is 4.42 Å². The van der Waals surface area contributed by atoms with Gasteiger partial charge in [0.2, 0.25) is 0 Å². The standard InChI is InChI=1S/C37H29NO.C16H13N/c1-3-11-31-25(4-2)18-22-34-36(31)37-32-21-20-29(24-27(32)19-23-35(37)39-34)38(28-14-6-5-7-15-28)33-17-10-13-26-12-8-9-16-30(26)33;1-2-9-14(10-3-1)17-16-12-6-8-13-7-4-5-11-15(13)16/h3-16,18-24,33H,2,17H2,1H3;1-12,17H/b11-3-;. The number of furan rings is 1. The molecule has 9 aromatic rings. The topological polar surface area (TPSA) is 28.4 Å². The van der Waals surface area contributed by atoms with E-state index in [-0.39, 0.29) is 6.04 Å². The molecule has 1 aromatic heterocycles. The Morgan fingerprint density at radius 1 is 0.643 bits per heavy atom. The van der Waals surface area contributed by atoms with Gasteiger partial charge in [-0.3, -0.25) is 0 Å². The lowest BCUT2D eigenvalue weighted by molar-refractivity contribution is 0.669. The van der Waals surface area contributed by atoms with Gasteiger partial charge in [0.15, 0.2) is 0 Å². The first-order valence-corrected chi connectivity index (χ1v) is 19.3. The molecule has 0 saturated heterocycles. The molecule has 3 nitrogen and oxygen atoms in total. The average molecular weight is 723 g/mol. The zero-order valence-electron chi connectivity index (χ0n) is 31.4. The van der Waals surface area contributed by atoms with E-state index in [1.807, 2.05) is 24.3 Å². The number of nitrogens with one attached hydrogen (secondary N) is 1. The van der Waals surface area contributed by atoms with Crippen LogP contribution in [0.4, 0.5) is 22.7 Å². The molecule has 0 amide bonds. The summed E-state index contributed by atoms with van der Waals surface area (Å²) in [4.78, 5) is 2.49. The van der Waals surface area contributed by atoms with Crippen molar-refractivity contribution in [1.29, 1.82) is 0 Å². The first-order chi connectivity index (χ1) is 27.7. The Bertz CT molecular complexity index is 2900.